The molecule has 2 aliphatic carbocycles. The third-order valence-electron chi connectivity index (χ3n) is 8.31. The van der Waals surface area contributed by atoms with Gasteiger partial charge >= 0.3 is 0 Å². The minimum atomic E-state index is -4.12. The molecule has 13 heteroatoms. The summed E-state index contributed by atoms with van der Waals surface area (Å²) in [5, 5.41) is 22.8. The standard InChI is InChI=1S/C28H32ClF3N2O6S/c1-14-6-18-8-20(11-21(14)28(18,38)13-34(16(3)36)12-15(2)35)41(39,40)25-7-17(4-5-22(25)29)27(37)33-19-9-23(30)26(32)24(31)10-19/h4-5,7,9-10,14-15,18,20-21,35,38H,6,8,11-13H2,1-3H3,(H,33,37)/t14-,15+,18?,20+,21?,28+/m0/s1. The van der Waals surface area contributed by atoms with Crippen LogP contribution in [0.25, 0.3) is 0 Å². The van der Waals surface area contributed by atoms with Gasteiger partial charge in [-0.1, -0.05) is 18.5 Å². The minimum absolute atomic E-state index is 0.0271. The average Bonchev–Trinajstić information content (AvgIpc) is 2.99. The Hall–Kier alpha value is -2.67. The summed E-state index contributed by atoms with van der Waals surface area (Å²) >= 11 is 6.28. The lowest BCUT2D eigenvalue weighted by Crippen LogP contribution is -2.56. The van der Waals surface area contributed by atoms with Crippen molar-refractivity contribution in [1.29, 1.82) is 0 Å². The molecule has 8 nitrogen and oxygen atoms in total. The number of benzene rings is 2. The first-order valence-electron chi connectivity index (χ1n) is 13.2. The second-order valence-corrected chi connectivity index (χ2v) is 13.9. The Labute approximate surface area is 241 Å². The molecule has 0 spiro atoms. The van der Waals surface area contributed by atoms with Crippen molar-refractivity contribution < 1.29 is 41.4 Å². The molecule has 2 aromatic carbocycles. The van der Waals surface area contributed by atoms with Crippen LogP contribution in [0.4, 0.5) is 18.9 Å². The average molecular weight is 617 g/mol. The highest BCUT2D eigenvalue weighted by atomic mass is 35.5. The lowest BCUT2D eigenvalue weighted by Gasteiger charge is -2.45. The molecule has 2 unspecified atom stereocenters. The maximum atomic E-state index is 13.8. The van der Waals surface area contributed by atoms with E-state index < -0.39 is 62.0 Å². The number of rotatable bonds is 8. The van der Waals surface area contributed by atoms with Crippen molar-refractivity contribution in [1.82, 2.24) is 4.90 Å². The third kappa shape index (κ3) is 6.11. The fourth-order valence-corrected chi connectivity index (χ4v) is 8.72. The molecule has 41 heavy (non-hydrogen) atoms. The Kier molecular flexibility index (Phi) is 8.80. The van der Waals surface area contributed by atoms with Gasteiger partial charge in [-0.2, -0.15) is 0 Å². The van der Waals surface area contributed by atoms with E-state index in [4.69, 9.17) is 11.6 Å². The fraction of sp³-hybridized carbons (Fsp3) is 0.500. The molecule has 3 N–H and O–H groups in total. The Balaban J connectivity index is 1.58. The van der Waals surface area contributed by atoms with Crippen LogP contribution < -0.4 is 5.32 Å². The normalized spacial score (nSPS) is 26.5. The molecule has 0 aliphatic heterocycles. The van der Waals surface area contributed by atoms with E-state index in [0.29, 0.717) is 18.6 Å². The van der Waals surface area contributed by atoms with Gasteiger partial charge in [0.2, 0.25) is 5.91 Å². The summed E-state index contributed by atoms with van der Waals surface area (Å²) in [4.78, 5) is 26.1. The predicted octanol–water partition coefficient (Wildman–Crippen LogP) is 4.18. The van der Waals surface area contributed by atoms with Crippen LogP contribution in [0.15, 0.2) is 35.2 Å². The molecule has 0 aromatic heterocycles. The fourth-order valence-electron chi connectivity index (χ4n) is 6.35. The van der Waals surface area contributed by atoms with Crippen LogP contribution in [0.5, 0.6) is 0 Å². The predicted molar refractivity (Wildman–Crippen MR) is 146 cm³/mol. The van der Waals surface area contributed by atoms with Gasteiger partial charge in [-0.25, -0.2) is 21.6 Å². The van der Waals surface area contributed by atoms with Crippen molar-refractivity contribution in [3.8, 4) is 0 Å². The van der Waals surface area contributed by atoms with Crippen molar-refractivity contribution in [3.05, 3.63) is 58.4 Å². The highest BCUT2D eigenvalue weighted by molar-refractivity contribution is 7.92. The first-order chi connectivity index (χ1) is 19.0. The summed E-state index contributed by atoms with van der Waals surface area (Å²) in [7, 11) is -4.12. The van der Waals surface area contributed by atoms with E-state index in [1.54, 1.807) is 0 Å². The molecule has 2 aromatic rings. The number of aliphatic hydroxyl groups excluding tert-OH is 1. The van der Waals surface area contributed by atoms with Crippen LogP contribution in [-0.4, -0.2) is 65.4 Å². The molecule has 2 fully saturated rings. The van der Waals surface area contributed by atoms with E-state index in [9.17, 15) is 41.4 Å². The number of nitrogens with one attached hydrogen (secondary N) is 1. The SMILES string of the molecule is CC(=O)N(C[C@@H](C)O)C[C@@]1(O)C2C[C@@H](S(=O)(=O)c3cc(C(=O)Nc4cc(F)c(F)c(F)c4)ccc3Cl)CC1[C@@H](C)C2. The van der Waals surface area contributed by atoms with Crippen LogP contribution in [-0.2, 0) is 14.6 Å². The van der Waals surface area contributed by atoms with E-state index in [0.717, 1.165) is 6.07 Å². The van der Waals surface area contributed by atoms with Crippen molar-refractivity contribution in [2.24, 2.45) is 17.8 Å². The summed E-state index contributed by atoms with van der Waals surface area (Å²) < 4.78 is 68.1. The Morgan fingerprint density at radius 3 is 2.34 bits per heavy atom. The summed E-state index contributed by atoms with van der Waals surface area (Å²) in [6.45, 7) is 4.82. The molecule has 2 saturated carbocycles. The molecular formula is C28H32ClF3N2O6S. The molecule has 224 valence electrons. The summed E-state index contributed by atoms with van der Waals surface area (Å²) in [5.74, 6) is -6.83. The quantitative estimate of drug-likeness (QED) is 0.383. The van der Waals surface area contributed by atoms with E-state index in [1.165, 1.54) is 30.9 Å². The van der Waals surface area contributed by atoms with Gasteiger partial charge < -0.3 is 20.4 Å². The number of fused-ring (bicyclic) bond motifs is 2. The topological polar surface area (TPSA) is 124 Å². The number of carbonyl (C=O) groups excluding carboxylic acids is 2. The number of hydrogen-bond acceptors (Lipinski definition) is 6. The molecule has 2 amide bonds. The number of sulfone groups is 1. The van der Waals surface area contributed by atoms with Crippen molar-refractivity contribution in [2.45, 2.75) is 61.9 Å². The van der Waals surface area contributed by atoms with Crippen LogP contribution in [0.3, 0.4) is 0 Å². The van der Waals surface area contributed by atoms with Gasteiger partial charge in [0.05, 0.1) is 33.4 Å². The van der Waals surface area contributed by atoms with Crippen molar-refractivity contribution >= 4 is 38.9 Å². The van der Waals surface area contributed by atoms with E-state index in [2.05, 4.69) is 5.32 Å². The first kappa shape index (κ1) is 31.3. The van der Waals surface area contributed by atoms with Crippen LogP contribution in [0.1, 0.15) is 50.4 Å². The smallest absolute Gasteiger partial charge is 0.255 e. The number of aliphatic hydroxyl groups is 2. The summed E-state index contributed by atoms with van der Waals surface area (Å²) in [6, 6.07) is 4.75. The Bertz CT molecular complexity index is 1450. The summed E-state index contributed by atoms with van der Waals surface area (Å²) in [5.41, 5.74) is -1.85. The first-order valence-corrected chi connectivity index (χ1v) is 15.1. The van der Waals surface area contributed by atoms with E-state index in [-0.39, 0.29) is 58.9 Å². The monoisotopic (exact) mass is 616 g/mol. The van der Waals surface area contributed by atoms with Gasteiger partial charge in [0, 0.05) is 36.9 Å². The zero-order chi connectivity index (χ0) is 30.4. The van der Waals surface area contributed by atoms with E-state index in [1.807, 2.05) is 6.92 Å². The number of amides is 2. The summed E-state index contributed by atoms with van der Waals surface area (Å²) in [6.07, 6.45) is -0.0603. The van der Waals surface area contributed by atoms with Crippen LogP contribution >= 0.6 is 11.6 Å². The molecule has 0 saturated heterocycles. The second-order valence-electron chi connectivity index (χ2n) is 11.2. The second kappa shape index (κ2) is 11.5. The molecule has 2 aliphatic rings. The van der Waals surface area contributed by atoms with E-state index >= 15 is 0 Å². The number of nitrogens with zero attached hydrogens (tertiary/aromatic N) is 1. The molecule has 2 bridgehead atoms. The molecular weight excluding hydrogens is 585 g/mol. The largest absolute Gasteiger partial charge is 0.392 e. The zero-order valence-corrected chi connectivity index (χ0v) is 24.3. The lowest BCUT2D eigenvalue weighted by molar-refractivity contribution is -0.140. The highest BCUT2D eigenvalue weighted by Crippen LogP contribution is 2.55. The number of hydrogen-bond donors (Lipinski definition) is 3. The minimum Gasteiger partial charge on any atom is -0.392 e. The number of carbonyl (C=O) groups is 2. The van der Waals surface area contributed by atoms with Gasteiger partial charge in [0.25, 0.3) is 5.91 Å². The number of anilines is 1. The van der Waals surface area contributed by atoms with Crippen molar-refractivity contribution in [3.63, 3.8) is 0 Å². The Morgan fingerprint density at radius 1 is 1.15 bits per heavy atom. The van der Waals surface area contributed by atoms with Crippen LogP contribution in [0.2, 0.25) is 5.02 Å². The molecule has 4 rings (SSSR count). The lowest BCUT2D eigenvalue weighted by atomic mass is 9.72. The molecule has 0 heterocycles. The zero-order valence-electron chi connectivity index (χ0n) is 22.7. The maximum Gasteiger partial charge on any atom is 0.255 e. The molecule has 0 radical (unpaired) electrons. The van der Waals surface area contributed by atoms with Crippen LogP contribution in [0, 0.1) is 35.2 Å². The third-order valence-corrected chi connectivity index (χ3v) is 11.0. The van der Waals surface area contributed by atoms with Gasteiger partial charge in [-0.15, -0.1) is 0 Å². The maximum absolute atomic E-state index is 13.8. The van der Waals surface area contributed by atoms with Gasteiger partial charge in [0.1, 0.15) is 0 Å². The van der Waals surface area contributed by atoms with Gasteiger partial charge in [-0.05, 0) is 62.1 Å². The molecule has 6 atom stereocenters. The Morgan fingerprint density at radius 2 is 1.78 bits per heavy atom. The highest BCUT2D eigenvalue weighted by Gasteiger charge is 2.59. The van der Waals surface area contributed by atoms with Gasteiger partial charge in [-0.3, -0.25) is 9.59 Å². The van der Waals surface area contributed by atoms with Crippen molar-refractivity contribution in [2.75, 3.05) is 18.4 Å². The van der Waals surface area contributed by atoms with Gasteiger partial charge in [0.15, 0.2) is 27.3 Å². The number of halogens is 4.